The fourth-order valence-electron chi connectivity index (χ4n) is 5.43. The Kier molecular flexibility index (Phi) is 14.6. The number of rotatable bonds is 19. The molecule has 0 radical (unpaired) electrons. The SMILES string of the molecule is C=CC[C@H](CC(=O)N(CCO)Cc1ccccc1)C(=O)N[C@H](COC(=O)[C@@H](CC=C)CC(=O)OC(C)(C)C)Cc1c[nH]c2ccccc12. The van der Waals surface area contributed by atoms with Crippen molar-refractivity contribution in [2.24, 2.45) is 11.8 Å². The van der Waals surface area contributed by atoms with E-state index in [0.717, 1.165) is 22.0 Å². The van der Waals surface area contributed by atoms with Crippen molar-refractivity contribution in [3.8, 4) is 0 Å². The third-order valence-corrected chi connectivity index (χ3v) is 7.71. The normalized spacial score (nSPS) is 13.2. The first kappa shape index (κ1) is 37.8. The van der Waals surface area contributed by atoms with Gasteiger partial charge in [0.1, 0.15) is 12.2 Å². The van der Waals surface area contributed by atoms with Crippen molar-refractivity contribution in [1.82, 2.24) is 15.2 Å². The molecule has 10 nitrogen and oxygen atoms in total. The molecule has 0 unspecified atom stereocenters. The third-order valence-electron chi connectivity index (χ3n) is 7.71. The van der Waals surface area contributed by atoms with Gasteiger partial charge in [-0.1, -0.05) is 60.7 Å². The lowest BCUT2D eigenvalue weighted by Crippen LogP contribution is -2.45. The van der Waals surface area contributed by atoms with Crippen LogP contribution in [-0.4, -0.2) is 70.1 Å². The standard InChI is InChI=1S/C38H49N3O7/c1-6-13-28(22-34(43)41(19-20-42)25-27-15-9-8-10-16-27)36(45)40-31(21-30-24-39-33-18-12-11-17-32(30)33)26-47-37(46)29(14-7-2)23-35(44)48-38(3,4)5/h6-12,15-18,24,28-29,31,39,42H,1-2,13-14,19-23,25-26H2,3-5H3,(H,40,45)/t28-,29+,31+/m1/s1. The quantitative estimate of drug-likeness (QED) is 0.118. The van der Waals surface area contributed by atoms with Gasteiger partial charge in [-0.15, -0.1) is 13.2 Å². The first-order valence-corrected chi connectivity index (χ1v) is 16.3. The van der Waals surface area contributed by atoms with E-state index in [1.165, 1.54) is 4.90 Å². The van der Waals surface area contributed by atoms with Gasteiger partial charge in [0.25, 0.3) is 0 Å². The van der Waals surface area contributed by atoms with Gasteiger partial charge in [-0.25, -0.2) is 0 Å². The number of fused-ring (bicyclic) bond motifs is 1. The van der Waals surface area contributed by atoms with E-state index in [-0.39, 0.29) is 57.3 Å². The molecule has 0 spiro atoms. The van der Waals surface area contributed by atoms with E-state index >= 15 is 0 Å². The predicted octanol–water partition coefficient (Wildman–Crippen LogP) is 5.27. The number of carbonyl (C=O) groups excluding carboxylic acids is 4. The molecule has 3 rings (SSSR count). The van der Waals surface area contributed by atoms with Gasteiger partial charge in [-0.05, 0) is 57.2 Å². The maximum atomic E-state index is 13.8. The molecule has 0 fully saturated rings. The Morgan fingerprint density at radius 2 is 1.62 bits per heavy atom. The highest BCUT2D eigenvalue weighted by Gasteiger charge is 2.29. The number of esters is 2. The van der Waals surface area contributed by atoms with Crippen molar-refractivity contribution >= 4 is 34.7 Å². The highest BCUT2D eigenvalue weighted by molar-refractivity contribution is 5.87. The molecule has 0 aliphatic heterocycles. The van der Waals surface area contributed by atoms with Crippen molar-refractivity contribution < 1.29 is 33.8 Å². The summed E-state index contributed by atoms with van der Waals surface area (Å²) in [6.45, 7) is 12.8. The number of ether oxygens (including phenoxy) is 2. The summed E-state index contributed by atoms with van der Waals surface area (Å²) in [6, 6.07) is 16.5. The molecule has 3 aromatic rings. The van der Waals surface area contributed by atoms with Crippen LogP contribution in [0.5, 0.6) is 0 Å². The predicted molar refractivity (Wildman–Crippen MR) is 186 cm³/mol. The highest BCUT2D eigenvalue weighted by Crippen LogP contribution is 2.22. The van der Waals surface area contributed by atoms with Crippen LogP contribution in [0.2, 0.25) is 0 Å². The molecule has 0 aliphatic carbocycles. The summed E-state index contributed by atoms with van der Waals surface area (Å²) in [5.74, 6) is -3.32. The largest absolute Gasteiger partial charge is 0.463 e. The van der Waals surface area contributed by atoms with Gasteiger partial charge < -0.3 is 29.8 Å². The molecular weight excluding hydrogens is 610 g/mol. The third kappa shape index (κ3) is 12.2. The number of aliphatic hydroxyl groups excluding tert-OH is 1. The molecule has 2 amide bonds. The van der Waals surface area contributed by atoms with Crippen LogP contribution in [0.25, 0.3) is 10.9 Å². The molecule has 3 N–H and O–H groups in total. The van der Waals surface area contributed by atoms with E-state index in [1.54, 1.807) is 32.9 Å². The van der Waals surface area contributed by atoms with E-state index in [4.69, 9.17) is 9.47 Å². The average molecular weight is 660 g/mol. The van der Waals surface area contributed by atoms with E-state index in [9.17, 15) is 24.3 Å². The zero-order chi connectivity index (χ0) is 35.1. The summed E-state index contributed by atoms with van der Waals surface area (Å²) in [7, 11) is 0. The molecule has 0 saturated carbocycles. The number of hydrogen-bond donors (Lipinski definition) is 3. The number of benzene rings is 2. The van der Waals surface area contributed by atoms with Crippen LogP contribution >= 0.6 is 0 Å². The summed E-state index contributed by atoms with van der Waals surface area (Å²) in [4.78, 5) is 57.7. The number of nitrogens with one attached hydrogen (secondary N) is 2. The minimum absolute atomic E-state index is 0.0957. The Morgan fingerprint density at radius 1 is 0.958 bits per heavy atom. The van der Waals surface area contributed by atoms with E-state index in [1.807, 2.05) is 60.8 Å². The van der Waals surface area contributed by atoms with E-state index < -0.39 is 35.4 Å². The van der Waals surface area contributed by atoms with Gasteiger partial charge in [0.15, 0.2) is 0 Å². The summed E-state index contributed by atoms with van der Waals surface area (Å²) < 4.78 is 11.1. The zero-order valence-corrected chi connectivity index (χ0v) is 28.3. The number of aromatic amines is 1. The Balaban J connectivity index is 1.77. The zero-order valence-electron chi connectivity index (χ0n) is 28.3. The molecular formula is C38H49N3O7. The van der Waals surface area contributed by atoms with Gasteiger partial charge in [0.05, 0.1) is 30.9 Å². The van der Waals surface area contributed by atoms with E-state index in [0.29, 0.717) is 13.0 Å². The van der Waals surface area contributed by atoms with Crippen LogP contribution in [0, 0.1) is 11.8 Å². The Bertz CT molecular complexity index is 1530. The van der Waals surface area contributed by atoms with Gasteiger partial charge in [0, 0.05) is 36.6 Å². The molecule has 1 aromatic heterocycles. The van der Waals surface area contributed by atoms with Crippen LogP contribution < -0.4 is 5.32 Å². The van der Waals surface area contributed by atoms with Crippen molar-refractivity contribution in [1.29, 1.82) is 0 Å². The second kappa shape index (κ2) is 18.6. The molecule has 1 heterocycles. The Labute approximate surface area is 283 Å². The second-order valence-corrected chi connectivity index (χ2v) is 12.9. The average Bonchev–Trinajstić information content (AvgIpc) is 3.45. The van der Waals surface area contributed by atoms with Crippen LogP contribution in [0.4, 0.5) is 0 Å². The van der Waals surface area contributed by atoms with Crippen LogP contribution in [-0.2, 0) is 41.6 Å². The fraction of sp³-hybridized carbons (Fsp3) is 0.421. The minimum atomic E-state index is -0.796. The van der Waals surface area contributed by atoms with Crippen molar-refractivity contribution in [3.05, 3.63) is 97.2 Å². The molecule has 48 heavy (non-hydrogen) atoms. The molecule has 2 aromatic carbocycles. The minimum Gasteiger partial charge on any atom is -0.463 e. The molecule has 0 bridgehead atoms. The smallest absolute Gasteiger partial charge is 0.309 e. The number of amides is 2. The van der Waals surface area contributed by atoms with Gasteiger partial charge >= 0.3 is 11.9 Å². The van der Waals surface area contributed by atoms with E-state index in [2.05, 4.69) is 23.5 Å². The summed E-state index contributed by atoms with van der Waals surface area (Å²) >= 11 is 0. The number of carbonyl (C=O) groups is 4. The maximum absolute atomic E-state index is 13.8. The number of allylic oxidation sites excluding steroid dienone is 2. The second-order valence-electron chi connectivity index (χ2n) is 12.9. The molecule has 0 saturated heterocycles. The van der Waals surface area contributed by atoms with Crippen molar-refractivity contribution in [2.45, 2.75) is 71.1 Å². The van der Waals surface area contributed by atoms with Gasteiger partial charge in [-0.2, -0.15) is 0 Å². The van der Waals surface area contributed by atoms with Crippen LogP contribution in [0.3, 0.4) is 0 Å². The number of para-hydroxylation sites is 1. The number of hydrogen-bond acceptors (Lipinski definition) is 7. The molecule has 10 heteroatoms. The number of H-pyrrole nitrogens is 1. The molecule has 258 valence electrons. The van der Waals surface area contributed by atoms with Gasteiger partial charge in [0.2, 0.25) is 11.8 Å². The number of aliphatic hydroxyl groups is 1. The lowest BCUT2D eigenvalue weighted by Gasteiger charge is -2.26. The number of nitrogens with zero attached hydrogens (tertiary/aromatic N) is 1. The first-order valence-electron chi connectivity index (χ1n) is 16.3. The lowest BCUT2D eigenvalue weighted by molar-refractivity contribution is -0.161. The summed E-state index contributed by atoms with van der Waals surface area (Å²) in [5, 5.41) is 13.6. The fourth-order valence-corrected chi connectivity index (χ4v) is 5.43. The summed E-state index contributed by atoms with van der Waals surface area (Å²) in [5.41, 5.74) is 2.05. The van der Waals surface area contributed by atoms with Crippen LogP contribution in [0.1, 0.15) is 57.6 Å². The topological polar surface area (TPSA) is 138 Å². The Hall–Kier alpha value is -4.70. The highest BCUT2D eigenvalue weighted by atomic mass is 16.6. The maximum Gasteiger partial charge on any atom is 0.309 e. The Morgan fingerprint density at radius 3 is 2.29 bits per heavy atom. The first-order chi connectivity index (χ1) is 22.9. The van der Waals surface area contributed by atoms with Gasteiger partial charge in [-0.3, -0.25) is 19.2 Å². The van der Waals surface area contributed by atoms with Crippen LogP contribution in [0.15, 0.2) is 86.1 Å². The summed E-state index contributed by atoms with van der Waals surface area (Å²) in [6.07, 6.45) is 5.53. The van der Waals surface area contributed by atoms with Crippen molar-refractivity contribution in [2.75, 3.05) is 19.8 Å². The van der Waals surface area contributed by atoms with Crippen molar-refractivity contribution in [3.63, 3.8) is 0 Å². The lowest BCUT2D eigenvalue weighted by atomic mass is 9.97. The monoisotopic (exact) mass is 659 g/mol. The molecule has 3 atom stereocenters. The molecule has 0 aliphatic rings. The number of aromatic nitrogens is 1.